The SMILES string of the molecule is NC1CCc2cc(C3CCCc4cccnc43)ccc21. The van der Waals surface area contributed by atoms with Crippen molar-refractivity contribution in [3.05, 3.63) is 64.5 Å². The molecule has 2 nitrogen and oxygen atoms in total. The molecule has 1 aromatic heterocycles. The number of nitrogens with two attached hydrogens (primary N) is 1. The number of aromatic nitrogens is 1. The smallest absolute Gasteiger partial charge is 0.0510 e. The number of hydrogen-bond donors (Lipinski definition) is 1. The second-order valence-corrected chi connectivity index (χ2v) is 6.10. The molecule has 20 heavy (non-hydrogen) atoms. The van der Waals surface area contributed by atoms with E-state index in [1.807, 2.05) is 6.20 Å². The van der Waals surface area contributed by atoms with Gasteiger partial charge in [0.25, 0.3) is 0 Å². The lowest BCUT2D eigenvalue weighted by Crippen LogP contribution is -2.13. The van der Waals surface area contributed by atoms with Crippen molar-refractivity contribution in [2.45, 2.75) is 44.1 Å². The summed E-state index contributed by atoms with van der Waals surface area (Å²) in [5, 5.41) is 0. The fourth-order valence-electron chi connectivity index (χ4n) is 3.82. The third-order valence-corrected chi connectivity index (χ3v) is 4.89. The van der Waals surface area contributed by atoms with Crippen LogP contribution in [0, 0.1) is 0 Å². The molecule has 102 valence electrons. The molecule has 2 aliphatic rings. The third kappa shape index (κ3) is 1.87. The first-order chi connectivity index (χ1) is 9.83. The van der Waals surface area contributed by atoms with E-state index in [-0.39, 0.29) is 6.04 Å². The van der Waals surface area contributed by atoms with Crippen LogP contribution in [0.2, 0.25) is 0 Å². The Morgan fingerprint density at radius 1 is 1.05 bits per heavy atom. The summed E-state index contributed by atoms with van der Waals surface area (Å²) in [6, 6.07) is 11.4. The summed E-state index contributed by atoms with van der Waals surface area (Å²) in [4.78, 5) is 4.66. The van der Waals surface area contributed by atoms with Crippen molar-refractivity contribution >= 4 is 0 Å². The number of pyridine rings is 1. The van der Waals surface area contributed by atoms with Crippen molar-refractivity contribution in [3.8, 4) is 0 Å². The first-order valence-electron chi connectivity index (χ1n) is 7.65. The van der Waals surface area contributed by atoms with Gasteiger partial charge in [-0.2, -0.15) is 0 Å². The van der Waals surface area contributed by atoms with Gasteiger partial charge in [0.05, 0.1) is 5.69 Å². The molecule has 0 saturated carbocycles. The summed E-state index contributed by atoms with van der Waals surface area (Å²) < 4.78 is 0. The molecule has 2 atom stereocenters. The van der Waals surface area contributed by atoms with E-state index in [2.05, 4.69) is 35.3 Å². The van der Waals surface area contributed by atoms with E-state index in [1.165, 1.54) is 47.2 Å². The van der Waals surface area contributed by atoms with Crippen LogP contribution in [-0.2, 0) is 12.8 Å². The minimum absolute atomic E-state index is 0.246. The summed E-state index contributed by atoms with van der Waals surface area (Å²) in [6.07, 6.45) is 7.81. The molecule has 0 bridgehead atoms. The van der Waals surface area contributed by atoms with Crippen molar-refractivity contribution in [3.63, 3.8) is 0 Å². The molecule has 1 heterocycles. The van der Waals surface area contributed by atoms with Crippen LogP contribution in [0.15, 0.2) is 36.5 Å². The van der Waals surface area contributed by atoms with Crippen molar-refractivity contribution in [2.75, 3.05) is 0 Å². The van der Waals surface area contributed by atoms with Crippen LogP contribution < -0.4 is 5.73 Å². The Labute approximate surface area is 120 Å². The summed E-state index contributed by atoms with van der Waals surface area (Å²) in [5.74, 6) is 0.474. The average molecular weight is 264 g/mol. The average Bonchev–Trinajstić information content (AvgIpc) is 2.87. The Balaban J connectivity index is 1.76. The van der Waals surface area contributed by atoms with E-state index in [1.54, 1.807) is 0 Å². The molecule has 0 saturated heterocycles. The molecule has 0 aliphatic heterocycles. The maximum Gasteiger partial charge on any atom is 0.0510 e. The lowest BCUT2D eigenvalue weighted by Gasteiger charge is -2.25. The predicted molar refractivity (Wildman–Crippen MR) is 80.7 cm³/mol. The van der Waals surface area contributed by atoms with E-state index in [0.717, 1.165) is 12.8 Å². The fraction of sp³-hybridized carbons (Fsp3) is 0.389. The van der Waals surface area contributed by atoms with Gasteiger partial charge in [0, 0.05) is 18.2 Å². The maximum absolute atomic E-state index is 6.14. The minimum Gasteiger partial charge on any atom is -0.324 e. The summed E-state index contributed by atoms with van der Waals surface area (Å²) in [6.45, 7) is 0. The normalized spacial score (nSPS) is 24.2. The van der Waals surface area contributed by atoms with Gasteiger partial charge in [-0.15, -0.1) is 0 Å². The monoisotopic (exact) mass is 264 g/mol. The minimum atomic E-state index is 0.246. The zero-order valence-electron chi connectivity index (χ0n) is 11.7. The molecule has 4 rings (SSSR count). The van der Waals surface area contributed by atoms with Crippen LogP contribution in [0.25, 0.3) is 0 Å². The van der Waals surface area contributed by atoms with Gasteiger partial charge < -0.3 is 5.73 Å². The third-order valence-electron chi connectivity index (χ3n) is 4.89. The Morgan fingerprint density at radius 3 is 2.95 bits per heavy atom. The van der Waals surface area contributed by atoms with Crippen LogP contribution in [0.3, 0.4) is 0 Å². The highest BCUT2D eigenvalue weighted by Gasteiger charge is 2.25. The van der Waals surface area contributed by atoms with Crippen molar-refractivity contribution in [1.29, 1.82) is 0 Å². The molecule has 0 fully saturated rings. The van der Waals surface area contributed by atoms with Crippen molar-refractivity contribution in [2.24, 2.45) is 5.73 Å². The lowest BCUT2D eigenvalue weighted by atomic mass is 9.81. The number of benzene rings is 1. The standard InChI is InChI=1S/C18H20N2/c19-17-9-7-13-11-14(6-8-15(13)17)16-5-1-3-12-4-2-10-20-18(12)16/h2,4,6,8,10-11,16-17H,1,3,5,7,9,19H2. The first kappa shape index (κ1) is 12.1. The lowest BCUT2D eigenvalue weighted by molar-refractivity contribution is 0.598. The van der Waals surface area contributed by atoms with E-state index in [9.17, 15) is 0 Å². The Kier molecular flexibility index (Phi) is 2.85. The van der Waals surface area contributed by atoms with Gasteiger partial charge in [0.2, 0.25) is 0 Å². The van der Waals surface area contributed by atoms with E-state index >= 15 is 0 Å². The van der Waals surface area contributed by atoms with Crippen LogP contribution in [0.5, 0.6) is 0 Å². The second kappa shape index (κ2) is 4.71. The van der Waals surface area contributed by atoms with Crippen LogP contribution in [0.1, 0.15) is 59.2 Å². The molecule has 2 aliphatic carbocycles. The predicted octanol–water partition coefficient (Wildman–Crippen LogP) is 3.50. The van der Waals surface area contributed by atoms with E-state index in [0.29, 0.717) is 5.92 Å². The molecule has 1 aromatic carbocycles. The number of nitrogens with zero attached hydrogens (tertiary/aromatic N) is 1. The van der Waals surface area contributed by atoms with Crippen molar-refractivity contribution < 1.29 is 0 Å². The molecule has 0 radical (unpaired) electrons. The second-order valence-electron chi connectivity index (χ2n) is 6.10. The molecule has 2 aromatic rings. The van der Waals surface area contributed by atoms with Gasteiger partial charge in [-0.3, -0.25) is 4.98 Å². The van der Waals surface area contributed by atoms with Gasteiger partial charge in [-0.1, -0.05) is 24.3 Å². The highest BCUT2D eigenvalue weighted by atomic mass is 14.7. The number of hydrogen-bond acceptors (Lipinski definition) is 2. The number of aryl methyl sites for hydroxylation is 2. The fourth-order valence-corrected chi connectivity index (χ4v) is 3.82. The molecule has 2 N–H and O–H groups in total. The Hall–Kier alpha value is -1.67. The quantitative estimate of drug-likeness (QED) is 0.856. The van der Waals surface area contributed by atoms with Gasteiger partial charge in [-0.05, 0) is 60.4 Å². The van der Waals surface area contributed by atoms with Gasteiger partial charge in [-0.25, -0.2) is 0 Å². The highest BCUT2D eigenvalue weighted by molar-refractivity contribution is 5.42. The molecule has 0 spiro atoms. The summed E-state index contributed by atoms with van der Waals surface area (Å²) in [7, 11) is 0. The maximum atomic E-state index is 6.14. The van der Waals surface area contributed by atoms with Crippen LogP contribution >= 0.6 is 0 Å². The Morgan fingerprint density at radius 2 is 2.00 bits per heavy atom. The largest absolute Gasteiger partial charge is 0.324 e. The molecule has 0 amide bonds. The van der Waals surface area contributed by atoms with Crippen LogP contribution in [0.4, 0.5) is 0 Å². The molecule has 2 unspecified atom stereocenters. The summed E-state index contributed by atoms with van der Waals surface area (Å²) >= 11 is 0. The zero-order valence-corrected chi connectivity index (χ0v) is 11.7. The molecule has 2 heteroatoms. The summed E-state index contributed by atoms with van der Waals surface area (Å²) in [5.41, 5.74) is 13.1. The topological polar surface area (TPSA) is 38.9 Å². The van der Waals surface area contributed by atoms with E-state index in [4.69, 9.17) is 5.73 Å². The highest BCUT2D eigenvalue weighted by Crippen LogP contribution is 2.38. The number of rotatable bonds is 1. The van der Waals surface area contributed by atoms with E-state index < -0.39 is 0 Å². The molecular weight excluding hydrogens is 244 g/mol. The van der Waals surface area contributed by atoms with Gasteiger partial charge in [0.15, 0.2) is 0 Å². The zero-order chi connectivity index (χ0) is 13.5. The molecular formula is C18H20N2. The van der Waals surface area contributed by atoms with Gasteiger partial charge in [0.1, 0.15) is 0 Å². The number of fused-ring (bicyclic) bond motifs is 2. The van der Waals surface area contributed by atoms with Crippen LogP contribution in [-0.4, -0.2) is 4.98 Å². The Bertz CT molecular complexity index is 648. The van der Waals surface area contributed by atoms with Gasteiger partial charge >= 0.3 is 0 Å². The first-order valence-corrected chi connectivity index (χ1v) is 7.65. The van der Waals surface area contributed by atoms with Crippen molar-refractivity contribution in [1.82, 2.24) is 4.98 Å².